The Morgan fingerprint density at radius 2 is 2.27 bits per heavy atom. The van der Waals surface area contributed by atoms with E-state index in [1.807, 2.05) is 0 Å². The average molecular weight is 194 g/mol. The second-order valence-corrected chi connectivity index (χ2v) is 7.83. The van der Waals surface area contributed by atoms with Crippen LogP contribution in [0.15, 0.2) is 0 Å². The Kier molecular flexibility index (Phi) is 3.07. The van der Waals surface area contributed by atoms with Crippen LogP contribution in [0.5, 0.6) is 0 Å². The first-order chi connectivity index (χ1) is 5.04. The highest BCUT2D eigenvalue weighted by Crippen LogP contribution is 2.49. The monoisotopic (exact) mass is 194 g/mol. The topological polar surface area (TPSA) is 26.3 Å². The maximum absolute atomic E-state index is 11.5. The molecule has 0 aliphatic carbocycles. The third-order valence-electron chi connectivity index (χ3n) is 1.76. The van der Waals surface area contributed by atoms with Crippen molar-refractivity contribution in [2.24, 2.45) is 0 Å². The number of thioether (sulfide) groups is 1. The highest BCUT2D eigenvalue weighted by molar-refractivity contribution is 8.00. The van der Waals surface area contributed by atoms with Crippen LogP contribution < -0.4 is 0 Å². The summed E-state index contributed by atoms with van der Waals surface area (Å²) in [7, 11) is -2.01. The van der Waals surface area contributed by atoms with Crippen molar-refractivity contribution < 1.29 is 9.30 Å². The first-order valence-electron chi connectivity index (χ1n) is 3.85. The van der Waals surface area contributed by atoms with Gasteiger partial charge in [-0.2, -0.15) is 0 Å². The van der Waals surface area contributed by atoms with Gasteiger partial charge in [0.1, 0.15) is 18.4 Å². The zero-order valence-corrected chi connectivity index (χ0v) is 8.95. The van der Waals surface area contributed by atoms with E-state index in [0.717, 1.165) is 12.2 Å². The zero-order valence-electron chi connectivity index (χ0n) is 7.24. The third kappa shape index (κ3) is 2.50. The van der Waals surface area contributed by atoms with Crippen LogP contribution in [0.4, 0.5) is 0 Å². The average Bonchev–Trinajstić information content (AvgIpc) is 2.32. The zero-order chi connectivity index (χ0) is 8.48. The fourth-order valence-electron chi connectivity index (χ4n) is 0.984. The van der Waals surface area contributed by atoms with E-state index in [0.29, 0.717) is 0 Å². The molecule has 0 aromatic rings. The van der Waals surface area contributed by atoms with Gasteiger partial charge in [0.2, 0.25) is 0 Å². The molecule has 2 atom stereocenters. The predicted octanol–water partition coefficient (Wildman–Crippen LogP) is 2.43. The number of rotatable bonds is 2. The maximum Gasteiger partial charge on any atom is 0.120 e. The standard InChI is InChI=1S/C7H15O2PS/c1-4-7-9-6(5-11-7)10(2,3)8/h6-7H,4-5H2,1-3H3. The SMILES string of the molecule is CCC1OC(P(C)(C)=O)CS1. The molecule has 1 saturated heterocycles. The van der Waals surface area contributed by atoms with Gasteiger partial charge in [0.05, 0.1) is 0 Å². The summed E-state index contributed by atoms with van der Waals surface area (Å²) in [6, 6.07) is 0. The molecule has 1 heterocycles. The number of hydrogen-bond donors (Lipinski definition) is 0. The van der Waals surface area contributed by atoms with Crippen LogP contribution in [0.25, 0.3) is 0 Å². The Morgan fingerprint density at radius 3 is 2.55 bits per heavy atom. The molecular formula is C7H15O2PS. The molecule has 0 spiro atoms. The lowest BCUT2D eigenvalue weighted by Gasteiger charge is -2.14. The summed E-state index contributed by atoms with van der Waals surface area (Å²) in [6.07, 6.45) is 1.02. The molecule has 0 aromatic heterocycles. The van der Waals surface area contributed by atoms with Crippen molar-refractivity contribution in [3.8, 4) is 0 Å². The Balaban J connectivity index is 2.48. The summed E-state index contributed by atoms with van der Waals surface area (Å²) in [5, 5.41) is 0. The van der Waals surface area contributed by atoms with Crippen molar-refractivity contribution >= 4 is 18.9 Å². The number of hydrogen-bond acceptors (Lipinski definition) is 3. The summed E-state index contributed by atoms with van der Waals surface area (Å²) in [4.78, 5) is 0. The predicted molar refractivity (Wildman–Crippen MR) is 50.9 cm³/mol. The van der Waals surface area contributed by atoms with E-state index in [9.17, 15) is 4.57 Å². The van der Waals surface area contributed by atoms with Crippen LogP contribution in [0.1, 0.15) is 13.3 Å². The van der Waals surface area contributed by atoms with E-state index in [1.165, 1.54) is 0 Å². The molecular weight excluding hydrogens is 179 g/mol. The van der Waals surface area contributed by atoms with Gasteiger partial charge in [-0.25, -0.2) is 0 Å². The molecule has 1 fully saturated rings. The molecule has 2 nitrogen and oxygen atoms in total. The van der Waals surface area contributed by atoms with Gasteiger partial charge in [-0.3, -0.25) is 0 Å². The molecule has 2 unspecified atom stereocenters. The van der Waals surface area contributed by atoms with Crippen molar-refractivity contribution in [1.82, 2.24) is 0 Å². The molecule has 0 N–H and O–H groups in total. The van der Waals surface area contributed by atoms with Gasteiger partial charge in [-0.1, -0.05) is 6.92 Å². The fraction of sp³-hybridized carbons (Fsp3) is 1.00. The van der Waals surface area contributed by atoms with Gasteiger partial charge < -0.3 is 9.30 Å². The minimum Gasteiger partial charge on any atom is -0.356 e. The summed E-state index contributed by atoms with van der Waals surface area (Å²) in [5.41, 5.74) is 0.285. The van der Waals surface area contributed by atoms with Crippen molar-refractivity contribution in [1.29, 1.82) is 0 Å². The summed E-state index contributed by atoms with van der Waals surface area (Å²) in [5.74, 6) is 0.917. The van der Waals surface area contributed by atoms with E-state index in [4.69, 9.17) is 4.74 Å². The van der Waals surface area contributed by atoms with Gasteiger partial charge in [-0.05, 0) is 19.8 Å². The van der Waals surface area contributed by atoms with Crippen LogP contribution in [0.2, 0.25) is 0 Å². The molecule has 4 heteroatoms. The lowest BCUT2D eigenvalue weighted by molar-refractivity contribution is 0.112. The largest absolute Gasteiger partial charge is 0.356 e. The van der Waals surface area contributed by atoms with Gasteiger partial charge in [0.25, 0.3) is 0 Å². The second kappa shape index (κ2) is 3.51. The van der Waals surface area contributed by atoms with E-state index < -0.39 is 7.14 Å². The van der Waals surface area contributed by atoms with Gasteiger partial charge in [0, 0.05) is 5.75 Å². The van der Waals surface area contributed by atoms with Gasteiger partial charge >= 0.3 is 0 Å². The maximum atomic E-state index is 11.5. The van der Waals surface area contributed by atoms with E-state index in [2.05, 4.69) is 6.92 Å². The molecule has 1 aliphatic rings. The van der Waals surface area contributed by atoms with Crippen molar-refractivity contribution in [2.75, 3.05) is 19.1 Å². The van der Waals surface area contributed by atoms with Crippen LogP contribution in [0, 0.1) is 0 Å². The summed E-state index contributed by atoms with van der Waals surface area (Å²) < 4.78 is 17.1. The normalized spacial score (nSPS) is 32.6. The van der Waals surface area contributed by atoms with Crippen molar-refractivity contribution in [2.45, 2.75) is 24.6 Å². The highest BCUT2D eigenvalue weighted by Gasteiger charge is 2.32. The summed E-state index contributed by atoms with van der Waals surface area (Å²) in [6.45, 7) is 5.70. The van der Waals surface area contributed by atoms with Crippen LogP contribution in [0.3, 0.4) is 0 Å². The Labute approximate surface area is 72.4 Å². The van der Waals surface area contributed by atoms with Crippen molar-refractivity contribution in [3.63, 3.8) is 0 Å². The second-order valence-electron chi connectivity index (χ2n) is 3.20. The lowest BCUT2D eigenvalue weighted by Crippen LogP contribution is -2.10. The van der Waals surface area contributed by atoms with E-state index in [1.54, 1.807) is 25.1 Å². The third-order valence-corrected chi connectivity index (χ3v) is 5.01. The molecule has 66 valence electrons. The highest BCUT2D eigenvalue weighted by atomic mass is 32.2. The number of ether oxygens (including phenoxy) is 1. The molecule has 1 aliphatic heterocycles. The minimum absolute atomic E-state index is 0.0115. The molecule has 0 aromatic carbocycles. The first-order valence-corrected chi connectivity index (χ1v) is 7.57. The minimum atomic E-state index is -2.01. The summed E-state index contributed by atoms with van der Waals surface area (Å²) >= 11 is 1.78. The molecule has 0 saturated carbocycles. The first kappa shape index (κ1) is 9.63. The molecule has 0 amide bonds. The van der Waals surface area contributed by atoms with E-state index in [-0.39, 0.29) is 11.3 Å². The van der Waals surface area contributed by atoms with Crippen LogP contribution in [-0.2, 0) is 9.30 Å². The van der Waals surface area contributed by atoms with Gasteiger partial charge in [-0.15, -0.1) is 11.8 Å². The smallest absolute Gasteiger partial charge is 0.120 e. The van der Waals surface area contributed by atoms with E-state index >= 15 is 0 Å². The van der Waals surface area contributed by atoms with Crippen molar-refractivity contribution in [3.05, 3.63) is 0 Å². The molecule has 11 heavy (non-hydrogen) atoms. The molecule has 0 radical (unpaired) electrons. The van der Waals surface area contributed by atoms with Gasteiger partial charge in [0.15, 0.2) is 0 Å². The van der Waals surface area contributed by atoms with Crippen LogP contribution in [-0.4, -0.2) is 30.4 Å². The molecule has 0 bridgehead atoms. The quantitative estimate of drug-likeness (QED) is 0.631. The molecule has 1 rings (SSSR count). The lowest BCUT2D eigenvalue weighted by atomic mass is 10.5. The Morgan fingerprint density at radius 1 is 1.64 bits per heavy atom. The Bertz CT molecular complexity index is 177. The Hall–Kier alpha value is 0.540. The fourth-order valence-corrected chi connectivity index (χ4v) is 4.11. The van der Waals surface area contributed by atoms with Crippen LogP contribution >= 0.6 is 18.9 Å².